The third-order valence-corrected chi connectivity index (χ3v) is 2.75. The lowest BCUT2D eigenvalue weighted by molar-refractivity contribution is 0.0693. The maximum Gasteiger partial charge on any atom is 0.339 e. The van der Waals surface area contributed by atoms with Gasteiger partial charge in [0.15, 0.2) is 0 Å². The van der Waals surface area contributed by atoms with Crippen molar-refractivity contribution in [2.75, 3.05) is 0 Å². The van der Waals surface area contributed by atoms with Crippen molar-refractivity contribution in [2.24, 2.45) is 0 Å². The zero-order valence-corrected chi connectivity index (χ0v) is 10.4. The van der Waals surface area contributed by atoms with Crippen LogP contribution in [0.15, 0.2) is 24.3 Å². The van der Waals surface area contributed by atoms with Gasteiger partial charge in [-0.1, -0.05) is 23.7 Å². The number of nitrogens with zero attached hydrogens (tertiary/aromatic N) is 1. The van der Waals surface area contributed by atoms with Gasteiger partial charge < -0.3 is 9.84 Å². The Bertz CT molecular complexity index is 580. The zero-order chi connectivity index (χ0) is 13.1. The van der Waals surface area contributed by atoms with E-state index in [-0.39, 0.29) is 12.2 Å². The molecule has 94 valence electrons. The second kappa shape index (κ2) is 5.10. The van der Waals surface area contributed by atoms with E-state index in [1.807, 2.05) is 0 Å². The predicted octanol–water partition coefficient (Wildman–Crippen LogP) is 2.65. The summed E-state index contributed by atoms with van der Waals surface area (Å²) in [5.41, 5.74) is 0.988. The molecular formula is C12H11ClN2O3. The number of halogens is 1. The summed E-state index contributed by atoms with van der Waals surface area (Å²) in [6.07, 6.45) is 0. The van der Waals surface area contributed by atoms with E-state index in [1.165, 1.54) is 0 Å². The van der Waals surface area contributed by atoms with Gasteiger partial charge in [0.1, 0.15) is 23.6 Å². The van der Waals surface area contributed by atoms with Crippen molar-refractivity contribution < 1.29 is 14.6 Å². The number of hydrogen-bond donors (Lipinski definition) is 2. The summed E-state index contributed by atoms with van der Waals surface area (Å²) in [5.74, 6) is -0.532. The molecule has 18 heavy (non-hydrogen) atoms. The molecule has 0 amide bonds. The van der Waals surface area contributed by atoms with E-state index in [4.69, 9.17) is 21.4 Å². The summed E-state index contributed by atoms with van der Waals surface area (Å²) >= 11 is 5.93. The molecule has 1 heterocycles. The highest BCUT2D eigenvalue weighted by Gasteiger charge is 2.17. The van der Waals surface area contributed by atoms with Crippen LogP contribution in [0.5, 0.6) is 5.75 Å². The Hall–Kier alpha value is -2.01. The smallest absolute Gasteiger partial charge is 0.339 e. The van der Waals surface area contributed by atoms with Gasteiger partial charge in [-0.15, -0.1) is 0 Å². The van der Waals surface area contributed by atoms with Crippen LogP contribution in [0, 0.1) is 6.92 Å². The molecule has 0 spiro atoms. The molecule has 0 aliphatic carbocycles. The van der Waals surface area contributed by atoms with E-state index in [0.29, 0.717) is 22.2 Å². The lowest BCUT2D eigenvalue weighted by Gasteiger charge is -2.06. The molecule has 1 aromatic carbocycles. The maximum absolute atomic E-state index is 11.0. The van der Waals surface area contributed by atoms with Crippen LogP contribution in [-0.4, -0.2) is 21.3 Å². The number of benzene rings is 1. The number of carboxylic acid groups (broad SMARTS) is 1. The van der Waals surface area contributed by atoms with Crippen molar-refractivity contribution in [3.8, 4) is 5.75 Å². The Balaban J connectivity index is 2.16. The van der Waals surface area contributed by atoms with Crippen LogP contribution >= 0.6 is 11.6 Å². The van der Waals surface area contributed by atoms with Gasteiger partial charge in [0.25, 0.3) is 0 Å². The van der Waals surface area contributed by atoms with Crippen LogP contribution in [0.1, 0.15) is 21.7 Å². The molecule has 2 rings (SSSR count). The van der Waals surface area contributed by atoms with Crippen LogP contribution in [-0.2, 0) is 6.61 Å². The van der Waals surface area contributed by atoms with Crippen LogP contribution in [0.4, 0.5) is 0 Å². The van der Waals surface area contributed by atoms with E-state index >= 15 is 0 Å². The second-order valence-electron chi connectivity index (χ2n) is 3.69. The maximum atomic E-state index is 11.0. The number of aryl methyl sites for hydroxylation is 1. The fraction of sp³-hybridized carbons (Fsp3) is 0.167. The molecule has 0 aliphatic heterocycles. The number of aromatic amines is 1. The highest BCUT2D eigenvalue weighted by atomic mass is 35.5. The van der Waals surface area contributed by atoms with Crippen molar-refractivity contribution in [3.05, 3.63) is 46.2 Å². The first-order valence-corrected chi connectivity index (χ1v) is 5.62. The van der Waals surface area contributed by atoms with E-state index in [0.717, 1.165) is 0 Å². The third kappa shape index (κ3) is 2.46. The summed E-state index contributed by atoms with van der Waals surface area (Å²) in [7, 11) is 0. The number of hydrogen-bond acceptors (Lipinski definition) is 3. The molecule has 0 radical (unpaired) electrons. The van der Waals surface area contributed by atoms with Gasteiger partial charge in [-0.25, -0.2) is 4.79 Å². The summed E-state index contributed by atoms with van der Waals surface area (Å²) < 4.78 is 5.45. The monoisotopic (exact) mass is 266 g/mol. The predicted molar refractivity (Wildman–Crippen MR) is 66.1 cm³/mol. The Kier molecular flexibility index (Phi) is 3.53. The molecule has 2 aromatic rings. The van der Waals surface area contributed by atoms with Gasteiger partial charge in [0, 0.05) is 5.69 Å². The normalized spacial score (nSPS) is 10.3. The molecule has 0 unspecified atom stereocenters. The Labute approximate surface area is 108 Å². The molecule has 0 saturated carbocycles. The first kappa shape index (κ1) is 12.4. The van der Waals surface area contributed by atoms with Crippen LogP contribution in [0.25, 0.3) is 0 Å². The summed E-state index contributed by atoms with van der Waals surface area (Å²) in [4.78, 5) is 11.0. The van der Waals surface area contributed by atoms with Crippen molar-refractivity contribution in [1.82, 2.24) is 10.2 Å². The van der Waals surface area contributed by atoms with Gasteiger partial charge in [-0.3, -0.25) is 5.10 Å². The minimum atomic E-state index is -1.03. The van der Waals surface area contributed by atoms with Crippen molar-refractivity contribution >= 4 is 17.6 Å². The topological polar surface area (TPSA) is 75.2 Å². The molecule has 1 aromatic heterocycles. The fourth-order valence-corrected chi connectivity index (χ4v) is 1.77. The van der Waals surface area contributed by atoms with Crippen molar-refractivity contribution in [3.63, 3.8) is 0 Å². The van der Waals surface area contributed by atoms with Gasteiger partial charge in [-0.05, 0) is 19.1 Å². The lowest BCUT2D eigenvalue weighted by atomic mass is 10.2. The van der Waals surface area contributed by atoms with Gasteiger partial charge in [0.2, 0.25) is 0 Å². The zero-order valence-electron chi connectivity index (χ0n) is 9.61. The second-order valence-corrected chi connectivity index (χ2v) is 4.10. The van der Waals surface area contributed by atoms with Crippen molar-refractivity contribution in [1.29, 1.82) is 0 Å². The van der Waals surface area contributed by atoms with Gasteiger partial charge in [0.05, 0.1) is 5.02 Å². The van der Waals surface area contributed by atoms with Crippen molar-refractivity contribution in [2.45, 2.75) is 13.5 Å². The lowest BCUT2D eigenvalue weighted by Crippen LogP contribution is -2.05. The summed E-state index contributed by atoms with van der Waals surface area (Å²) in [6.45, 7) is 1.70. The average Bonchev–Trinajstić information content (AvgIpc) is 2.69. The van der Waals surface area contributed by atoms with E-state index in [9.17, 15) is 4.79 Å². The molecule has 0 atom stereocenters. The largest absolute Gasteiger partial charge is 0.486 e. The summed E-state index contributed by atoms with van der Waals surface area (Å²) in [5, 5.41) is 16.1. The first-order valence-electron chi connectivity index (χ1n) is 5.24. The molecule has 6 heteroatoms. The highest BCUT2D eigenvalue weighted by molar-refractivity contribution is 6.32. The number of carboxylic acids is 1. The summed E-state index contributed by atoms with van der Waals surface area (Å²) in [6, 6.07) is 6.98. The molecule has 0 saturated heterocycles. The number of nitrogens with one attached hydrogen (secondary N) is 1. The number of aromatic carboxylic acids is 1. The Morgan fingerprint density at radius 1 is 1.50 bits per heavy atom. The SMILES string of the molecule is Cc1[nH]nc(COc2ccccc2Cl)c1C(=O)O. The number of ether oxygens (including phenoxy) is 1. The third-order valence-electron chi connectivity index (χ3n) is 2.44. The van der Waals surface area contributed by atoms with Gasteiger partial charge >= 0.3 is 5.97 Å². The minimum Gasteiger partial charge on any atom is -0.486 e. The van der Waals surface area contributed by atoms with E-state index < -0.39 is 5.97 Å². The number of carbonyl (C=O) groups is 1. The Morgan fingerprint density at radius 3 is 2.89 bits per heavy atom. The van der Waals surface area contributed by atoms with Crippen LogP contribution < -0.4 is 4.74 Å². The van der Waals surface area contributed by atoms with E-state index in [1.54, 1.807) is 31.2 Å². The standard InChI is InChI=1S/C12H11ClN2O3/c1-7-11(12(16)17)9(15-14-7)6-18-10-5-3-2-4-8(10)13/h2-5H,6H2,1H3,(H,14,15)(H,16,17). The minimum absolute atomic E-state index is 0.0513. The van der Waals surface area contributed by atoms with E-state index in [2.05, 4.69) is 10.2 Å². The molecular weight excluding hydrogens is 256 g/mol. The average molecular weight is 267 g/mol. The van der Waals surface area contributed by atoms with Crippen LogP contribution in [0.2, 0.25) is 5.02 Å². The number of aromatic nitrogens is 2. The number of H-pyrrole nitrogens is 1. The molecule has 0 aliphatic rings. The quantitative estimate of drug-likeness (QED) is 0.892. The van der Waals surface area contributed by atoms with Gasteiger partial charge in [-0.2, -0.15) is 5.10 Å². The Morgan fingerprint density at radius 2 is 2.22 bits per heavy atom. The van der Waals surface area contributed by atoms with Crippen LogP contribution in [0.3, 0.4) is 0 Å². The molecule has 2 N–H and O–H groups in total. The number of para-hydroxylation sites is 1. The molecule has 0 fully saturated rings. The number of rotatable bonds is 4. The molecule has 0 bridgehead atoms. The molecule has 5 nitrogen and oxygen atoms in total. The highest BCUT2D eigenvalue weighted by Crippen LogP contribution is 2.24. The fourth-order valence-electron chi connectivity index (χ4n) is 1.58. The first-order chi connectivity index (χ1) is 8.59.